The van der Waals surface area contributed by atoms with Gasteiger partial charge in [0.15, 0.2) is 0 Å². The van der Waals surface area contributed by atoms with E-state index in [1.54, 1.807) is 12.3 Å². The number of nitrogens with zero attached hydrogens (tertiary/aromatic N) is 4. The first-order valence-electron chi connectivity index (χ1n) is 32.4. The molecule has 2 aliphatic rings. The molecule has 85 heavy (non-hydrogen) atoms. The molecule has 12 rings (SSSR count). The first-order chi connectivity index (χ1) is 41.7. The van der Waals surface area contributed by atoms with Crippen molar-refractivity contribution in [2.24, 2.45) is 5.41 Å². The summed E-state index contributed by atoms with van der Waals surface area (Å²) in [5.74, 6) is 1.40. The Balaban J connectivity index is 0.00000833. The van der Waals surface area contributed by atoms with E-state index in [0.717, 1.165) is 90.8 Å². The summed E-state index contributed by atoms with van der Waals surface area (Å²) in [6.45, 7) is 36.4. The van der Waals surface area contributed by atoms with Crippen LogP contribution in [0.15, 0.2) is 170 Å². The molecule has 0 spiro atoms. The third kappa shape index (κ3) is 11.4. The minimum atomic E-state index is -1.99. The Morgan fingerprint density at radius 3 is 1.75 bits per heavy atom. The van der Waals surface area contributed by atoms with E-state index in [1.807, 2.05) is 43.5 Å². The van der Waals surface area contributed by atoms with Crippen LogP contribution in [0.2, 0.25) is 0 Å². The van der Waals surface area contributed by atoms with Gasteiger partial charge in [-0.25, -0.2) is 4.98 Å². The molecule has 0 saturated carbocycles. The van der Waals surface area contributed by atoms with Crippen molar-refractivity contribution in [2.75, 3.05) is 9.80 Å². The van der Waals surface area contributed by atoms with Gasteiger partial charge in [0.2, 0.25) is 0 Å². The van der Waals surface area contributed by atoms with Crippen molar-refractivity contribution in [3.8, 4) is 50.7 Å². The normalized spacial score (nSPS) is 16.0. The Kier molecular flexibility index (Phi) is 13.6. The Morgan fingerprint density at radius 1 is 0.565 bits per heavy atom. The predicted molar refractivity (Wildman–Crippen MR) is 355 cm³/mol. The number of hydrogen-bond acceptors (Lipinski definition) is 4. The Bertz CT molecular complexity index is 4400. The van der Waals surface area contributed by atoms with E-state index in [1.165, 1.54) is 11.1 Å². The minimum Gasteiger partial charge on any atom is -0.509 e. The quantitative estimate of drug-likeness (QED) is 0.135. The molecule has 0 amide bonds. The van der Waals surface area contributed by atoms with Gasteiger partial charge in [-0.2, -0.15) is 12.1 Å². The maximum Gasteiger partial charge on any atom is 0.135 e. The van der Waals surface area contributed by atoms with Crippen LogP contribution in [0.3, 0.4) is 0 Å². The number of rotatable bonds is 9. The van der Waals surface area contributed by atoms with E-state index in [9.17, 15) is 6.85 Å². The van der Waals surface area contributed by atoms with Gasteiger partial charge in [-0.1, -0.05) is 225 Å². The summed E-state index contributed by atoms with van der Waals surface area (Å²) in [5.41, 5.74) is 13.9. The predicted octanol–water partition coefficient (Wildman–Crippen LogP) is 21.8. The molecule has 5 nitrogen and oxygen atoms in total. The average molecular weight is 1300 g/mol. The number of aromatic nitrogens is 2. The zero-order valence-electron chi connectivity index (χ0n) is 57.4. The number of anilines is 4. The fraction of sp³-hybridized carbons (Fsp3) is 0.316. The summed E-state index contributed by atoms with van der Waals surface area (Å²) in [6.07, 6.45) is 1.30. The zero-order valence-corrected chi connectivity index (χ0v) is 54.7. The second-order valence-corrected chi connectivity index (χ2v) is 28.8. The van der Waals surface area contributed by atoms with Crippen molar-refractivity contribution in [1.29, 1.82) is 0 Å². The van der Waals surface area contributed by atoms with Gasteiger partial charge < -0.3 is 19.1 Å². The smallest absolute Gasteiger partial charge is 0.135 e. The first kappa shape index (κ1) is 53.3. The third-order valence-corrected chi connectivity index (χ3v) is 17.2. The largest absolute Gasteiger partial charge is 0.509 e. The second kappa shape index (κ2) is 21.6. The molecule has 0 unspecified atom stereocenters. The van der Waals surface area contributed by atoms with Crippen LogP contribution < -0.4 is 14.5 Å². The van der Waals surface area contributed by atoms with Crippen molar-refractivity contribution in [1.82, 2.24) is 9.55 Å². The number of pyridine rings is 1. The Morgan fingerprint density at radius 2 is 1.13 bits per heavy atom. The van der Waals surface area contributed by atoms with Crippen molar-refractivity contribution in [3.63, 3.8) is 0 Å². The van der Waals surface area contributed by atoms with Crippen LogP contribution in [0.4, 0.5) is 22.7 Å². The summed E-state index contributed by atoms with van der Waals surface area (Å²) in [7, 11) is 0. The molecule has 8 aromatic carbocycles. The molecule has 438 valence electrons. The SMILES string of the molecule is [2H]c1c([2H])c2c(c([2H])c1-c1cnc(-n3c4[c-]c(Oc5[c-]c(N6[CH-]N(c7c(-c8cccc(C(C)(C)C)c8)cccc7-c7cccc(C(C)(C)C)c7)c7ccccc76)ccc5)ccc4c4ccc(C(C)(C)C)cc43)cc1C([2H])([2H])C(C)(C)C)C(C)(C)CCC2(C)C.[Pt]. The van der Waals surface area contributed by atoms with Crippen LogP contribution in [-0.2, 0) is 54.5 Å². The van der Waals surface area contributed by atoms with Gasteiger partial charge in [0, 0.05) is 80.8 Å². The van der Waals surface area contributed by atoms with Crippen LogP contribution in [-0.4, -0.2) is 9.55 Å². The average Bonchev–Trinajstić information content (AvgIpc) is 1.03. The van der Waals surface area contributed by atoms with Crippen molar-refractivity contribution in [3.05, 3.63) is 222 Å². The van der Waals surface area contributed by atoms with E-state index in [0.29, 0.717) is 34.0 Å². The van der Waals surface area contributed by atoms with E-state index in [-0.39, 0.29) is 61.0 Å². The maximum atomic E-state index is 9.99. The van der Waals surface area contributed by atoms with Gasteiger partial charge in [-0.15, -0.1) is 48.1 Å². The number of fused-ring (bicyclic) bond motifs is 5. The van der Waals surface area contributed by atoms with Crippen LogP contribution in [0, 0.1) is 24.2 Å². The molecule has 0 N–H and O–H groups in total. The molecule has 1 aliphatic heterocycles. The number of para-hydroxylation sites is 3. The van der Waals surface area contributed by atoms with Crippen LogP contribution in [0.1, 0.15) is 164 Å². The standard InChI is InChI=1S/C79H83N4O.Pt/c1-74(2,3)48-54-44-72(80-49-65(54)53-33-38-66-67(43-53)79(15,16)40-39-78(66,13)14)83-70-45-57(77(10,11)12)34-36-63(70)64-37-35-60(47-71(64)83)84-59-28-21-27-58(46-59)81-50-82(69-32-18-17-31-68(69)81)73-61(51-23-19-25-55(41-51)75(4,5)6)29-22-30-62(73)52-24-20-26-56(42-52)76(7,8)9;/h17-38,41-45,49-50H,39-40,48H2,1-16H3;/q-3;/i33D,38D,43D,48D2;. The van der Waals surface area contributed by atoms with Crippen molar-refractivity contribution >= 4 is 44.6 Å². The Labute approximate surface area is 528 Å². The van der Waals surface area contributed by atoms with Gasteiger partial charge in [-0.05, 0) is 131 Å². The first-order valence-corrected chi connectivity index (χ1v) is 29.9. The summed E-state index contributed by atoms with van der Waals surface area (Å²) in [6, 6.07) is 58.9. The molecule has 10 aromatic rings. The van der Waals surface area contributed by atoms with Crippen LogP contribution >= 0.6 is 0 Å². The molecule has 0 bridgehead atoms. The molecule has 0 radical (unpaired) electrons. The molecule has 0 saturated heterocycles. The van der Waals surface area contributed by atoms with Crippen LogP contribution in [0.5, 0.6) is 11.5 Å². The van der Waals surface area contributed by atoms with Gasteiger partial charge >= 0.3 is 0 Å². The summed E-state index contributed by atoms with van der Waals surface area (Å²) in [5, 5.41) is 1.88. The number of ether oxygens (including phenoxy) is 1. The van der Waals surface area contributed by atoms with E-state index in [4.69, 9.17) is 9.72 Å². The molecule has 0 atom stereocenters. The van der Waals surface area contributed by atoms with E-state index >= 15 is 0 Å². The zero-order chi connectivity index (χ0) is 63.9. The molecule has 3 heterocycles. The fourth-order valence-corrected chi connectivity index (χ4v) is 12.2. The molecule has 6 heteroatoms. The van der Waals surface area contributed by atoms with Crippen molar-refractivity contribution in [2.45, 2.75) is 157 Å². The molecule has 1 aliphatic carbocycles. The van der Waals surface area contributed by atoms with E-state index < -0.39 is 22.6 Å². The van der Waals surface area contributed by atoms with Gasteiger partial charge in [0.1, 0.15) is 5.82 Å². The van der Waals surface area contributed by atoms with Gasteiger partial charge in [0.05, 0.1) is 4.11 Å². The fourth-order valence-electron chi connectivity index (χ4n) is 12.2. The van der Waals surface area contributed by atoms with Gasteiger partial charge in [-0.3, -0.25) is 0 Å². The van der Waals surface area contributed by atoms with Gasteiger partial charge in [0.25, 0.3) is 0 Å². The molecule has 2 aromatic heterocycles. The second-order valence-electron chi connectivity index (χ2n) is 28.8. The monoisotopic (exact) mass is 1300 g/mol. The number of hydrogen-bond donors (Lipinski definition) is 0. The topological polar surface area (TPSA) is 33.5 Å². The third-order valence-electron chi connectivity index (χ3n) is 17.2. The van der Waals surface area contributed by atoms with Crippen LogP contribution in [0.25, 0.3) is 61.0 Å². The Hall–Kier alpha value is -7.20. The maximum absolute atomic E-state index is 9.99. The van der Waals surface area contributed by atoms with Crippen molar-refractivity contribution < 1.29 is 32.7 Å². The number of benzene rings is 8. The van der Waals surface area contributed by atoms with E-state index in [2.05, 4.69) is 240 Å². The summed E-state index contributed by atoms with van der Waals surface area (Å²) in [4.78, 5) is 9.73. The molecular formula is C79H83N4OPt-3. The summed E-state index contributed by atoms with van der Waals surface area (Å²) >= 11 is 0. The minimum absolute atomic E-state index is 0. The molecule has 0 fully saturated rings. The molecular weight excluding hydrogens is 1220 g/mol. The summed E-state index contributed by atoms with van der Waals surface area (Å²) < 4.78 is 58.1.